The van der Waals surface area contributed by atoms with Gasteiger partial charge in [-0.3, -0.25) is 9.59 Å². The third kappa shape index (κ3) is 5.64. The molecular weight excluding hydrogens is 562 g/mol. The number of piperidine rings is 3. The highest BCUT2D eigenvalue weighted by atomic mass is 35.5. The maximum absolute atomic E-state index is 13.6. The number of halogens is 6. The summed E-state index contributed by atoms with van der Waals surface area (Å²) >= 11 is 18.2. The molecule has 3 heterocycles. The fraction of sp³-hybridized carbons (Fsp3) is 0.481. The zero-order valence-corrected chi connectivity index (χ0v) is 22.7. The fourth-order valence-corrected chi connectivity index (χ4v) is 6.51. The Bertz CT molecular complexity index is 1240. The molecule has 38 heavy (non-hydrogen) atoms. The number of benzene rings is 2. The molecule has 0 spiro atoms. The molecule has 1 unspecified atom stereocenters. The summed E-state index contributed by atoms with van der Waals surface area (Å²) in [5.74, 6) is -0.463. The van der Waals surface area contributed by atoms with Crippen LogP contribution in [0.25, 0.3) is 0 Å². The highest BCUT2D eigenvalue weighted by Gasteiger charge is 2.53. The van der Waals surface area contributed by atoms with E-state index in [4.69, 9.17) is 34.8 Å². The Morgan fingerprint density at radius 2 is 1.74 bits per heavy atom. The maximum Gasteiger partial charge on any atom is 0.417 e. The van der Waals surface area contributed by atoms with Gasteiger partial charge in [0.25, 0.3) is 0 Å². The number of hydrogen-bond donors (Lipinski definition) is 2. The lowest BCUT2D eigenvalue weighted by atomic mass is 9.84. The van der Waals surface area contributed by atoms with Crippen molar-refractivity contribution in [1.82, 2.24) is 15.5 Å². The first-order valence-electron chi connectivity index (χ1n) is 12.6. The summed E-state index contributed by atoms with van der Waals surface area (Å²) in [4.78, 5) is 29.4. The van der Waals surface area contributed by atoms with E-state index < -0.39 is 34.1 Å². The van der Waals surface area contributed by atoms with E-state index >= 15 is 0 Å². The smallest absolute Gasteiger partial charge is 0.350 e. The van der Waals surface area contributed by atoms with Crippen LogP contribution in [-0.4, -0.2) is 48.4 Å². The standard InChI is InChI=1S/C27H27Cl3F3N3O2/c28-17-2-3-18(21(30)13-17)26(7-8-26)25(38)35-22(12-15-1-4-20(29)19(11-15)27(31,32)33)24(37)34-23-14-36-9-5-16(23)6-10-36/h1-4,11,13,16,22-23H,5-10,12,14H2,(H,34,37)(H,35,38)/t22?,23-/m1/s1. The molecular formula is C27H27Cl3F3N3O2. The molecule has 2 aromatic rings. The average molecular weight is 589 g/mol. The van der Waals surface area contributed by atoms with Crippen molar-refractivity contribution in [3.8, 4) is 0 Å². The molecule has 2 bridgehead atoms. The summed E-state index contributed by atoms with van der Waals surface area (Å²) in [6.07, 6.45) is -1.74. The van der Waals surface area contributed by atoms with E-state index in [0.717, 1.165) is 38.5 Å². The van der Waals surface area contributed by atoms with Crippen molar-refractivity contribution in [3.63, 3.8) is 0 Å². The summed E-state index contributed by atoms with van der Waals surface area (Å²) in [6, 6.07) is 7.32. The average Bonchev–Trinajstić information content (AvgIpc) is 3.66. The van der Waals surface area contributed by atoms with Gasteiger partial charge in [-0.1, -0.05) is 46.9 Å². The van der Waals surface area contributed by atoms with Crippen LogP contribution in [0.5, 0.6) is 0 Å². The van der Waals surface area contributed by atoms with E-state index in [9.17, 15) is 22.8 Å². The molecule has 4 aliphatic rings. The number of nitrogens with one attached hydrogen (secondary N) is 2. The number of amides is 2. The number of rotatable bonds is 7. The predicted molar refractivity (Wildman–Crippen MR) is 141 cm³/mol. The van der Waals surface area contributed by atoms with Gasteiger partial charge in [-0.2, -0.15) is 13.2 Å². The molecule has 6 rings (SSSR count). The van der Waals surface area contributed by atoms with Gasteiger partial charge < -0.3 is 15.5 Å². The van der Waals surface area contributed by atoms with Crippen molar-refractivity contribution in [1.29, 1.82) is 0 Å². The number of carbonyl (C=O) groups excluding carboxylic acids is 2. The molecule has 5 nitrogen and oxygen atoms in total. The summed E-state index contributed by atoms with van der Waals surface area (Å²) < 4.78 is 40.5. The number of fused-ring (bicyclic) bond motifs is 3. The molecule has 3 saturated heterocycles. The largest absolute Gasteiger partial charge is 0.417 e. The molecule has 4 fully saturated rings. The van der Waals surface area contributed by atoms with Crippen LogP contribution in [0.15, 0.2) is 36.4 Å². The van der Waals surface area contributed by atoms with E-state index in [-0.39, 0.29) is 23.9 Å². The van der Waals surface area contributed by atoms with Crippen molar-refractivity contribution >= 4 is 46.6 Å². The highest BCUT2D eigenvalue weighted by Crippen LogP contribution is 2.51. The molecule has 2 aromatic carbocycles. The van der Waals surface area contributed by atoms with Gasteiger partial charge in [-0.15, -0.1) is 0 Å². The van der Waals surface area contributed by atoms with Crippen molar-refractivity contribution in [2.45, 2.75) is 55.8 Å². The van der Waals surface area contributed by atoms with Crippen LogP contribution in [0.1, 0.15) is 42.4 Å². The monoisotopic (exact) mass is 587 g/mol. The van der Waals surface area contributed by atoms with Gasteiger partial charge in [0, 0.05) is 29.1 Å². The van der Waals surface area contributed by atoms with E-state index in [2.05, 4.69) is 15.5 Å². The summed E-state index contributed by atoms with van der Waals surface area (Å²) in [5, 5.41) is 6.29. The number of hydrogen-bond acceptors (Lipinski definition) is 3. The first kappa shape index (κ1) is 27.6. The van der Waals surface area contributed by atoms with Crippen LogP contribution in [0.4, 0.5) is 13.2 Å². The maximum atomic E-state index is 13.6. The van der Waals surface area contributed by atoms with Crippen molar-refractivity contribution in [2.75, 3.05) is 19.6 Å². The van der Waals surface area contributed by atoms with E-state index in [0.29, 0.717) is 34.4 Å². The van der Waals surface area contributed by atoms with Crippen LogP contribution in [0, 0.1) is 5.92 Å². The van der Waals surface area contributed by atoms with Crippen LogP contribution in [0.2, 0.25) is 15.1 Å². The minimum atomic E-state index is -4.65. The first-order chi connectivity index (χ1) is 18.0. The quantitative estimate of drug-likeness (QED) is 0.441. The van der Waals surface area contributed by atoms with Gasteiger partial charge in [-0.25, -0.2) is 0 Å². The molecule has 1 saturated carbocycles. The SMILES string of the molecule is O=C(N[C@@H]1CN2CCC1CC2)C(Cc1ccc(Cl)c(C(F)(F)F)c1)NC(=O)C1(c2ccc(Cl)cc2Cl)CC1. The van der Waals surface area contributed by atoms with Crippen molar-refractivity contribution in [3.05, 3.63) is 68.2 Å². The molecule has 1 aliphatic carbocycles. The van der Waals surface area contributed by atoms with Crippen molar-refractivity contribution < 1.29 is 22.8 Å². The summed E-state index contributed by atoms with van der Waals surface area (Å²) in [6.45, 7) is 2.71. The van der Waals surface area contributed by atoms with Gasteiger partial charge in [0.05, 0.1) is 16.0 Å². The predicted octanol–water partition coefficient (Wildman–Crippen LogP) is 5.64. The second kappa shape index (κ2) is 10.5. The van der Waals surface area contributed by atoms with Gasteiger partial charge in [0.15, 0.2) is 0 Å². The van der Waals surface area contributed by atoms with Gasteiger partial charge in [0.2, 0.25) is 11.8 Å². The Balaban J connectivity index is 1.39. The van der Waals surface area contributed by atoms with Crippen LogP contribution in [0.3, 0.4) is 0 Å². The zero-order chi connectivity index (χ0) is 27.2. The normalized spacial score (nSPS) is 24.5. The van der Waals surface area contributed by atoms with Gasteiger partial charge in [0.1, 0.15) is 6.04 Å². The topological polar surface area (TPSA) is 61.4 Å². The van der Waals surface area contributed by atoms with E-state index in [1.807, 2.05) is 0 Å². The molecule has 2 atom stereocenters. The molecule has 0 radical (unpaired) electrons. The lowest BCUT2D eigenvalue weighted by molar-refractivity contribution is -0.137. The third-order valence-electron chi connectivity index (χ3n) is 8.01. The van der Waals surface area contributed by atoms with E-state index in [1.54, 1.807) is 18.2 Å². The summed E-state index contributed by atoms with van der Waals surface area (Å²) in [7, 11) is 0. The molecule has 2 N–H and O–H groups in total. The molecule has 0 aromatic heterocycles. The Morgan fingerprint density at radius 3 is 2.32 bits per heavy atom. The number of nitrogens with zero attached hydrogens (tertiary/aromatic N) is 1. The van der Waals surface area contributed by atoms with Crippen LogP contribution < -0.4 is 10.6 Å². The lowest BCUT2D eigenvalue weighted by Gasteiger charge is -2.45. The Morgan fingerprint density at radius 1 is 1.03 bits per heavy atom. The van der Waals surface area contributed by atoms with E-state index in [1.165, 1.54) is 12.1 Å². The van der Waals surface area contributed by atoms with Crippen LogP contribution >= 0.6 is 34.8 Å². The first-order valence-corrected chi connectivity index (χ1v) is 13.7. The Kier molecular flexibility index (Phi) is 7.63. The third-order valence-corrected chi connectivity index (χ3v) is 8.89. The second-order valence-electron chi connectivity index (χ2n) is 10.5. The fourth-order valence-electron chi connectivity index (χ4n) is 5.69. The molecule has 204 valence electrons. The Hall–Kier alpha value is -2.00. The summed E-state index contributed by atoms with van der Waals surface area (Å²) in [5.41, 5.74) is -1.03. The Labute approximate surface area is 234 Å². The second-order valence-corrected chi connectivity index (χ2v) is 11.8. The lowest BCUT2D eigenvalue weighted by Crippen LogP contribution is -2.60. The number of carbonyl (C=O) groups is 2. The zero-order valence-electron chi connectivity index (χ0n) is 20.4. The number of alkyl halides is 3. The minimum absolute atomic E-state index is 0.0686. The molecule has 3 aliphatic heterocycles. The minimum Gasteiger partial charge on any atom is -0.350 e. The van der Waals surface area contributed by atoms with Gasteiger partial charge >= 0.3 is 6.18 Å². The highest BCUT2D eigenvalue weighted by molar-refractivity contribution is 6.35. The van der Waals surface area contributed by atoms with Crippen molar-refractivity contribution in [2.24, 2.45) is 5.92 Å². The molecule has 2 amide bonds. The molecule has 11 heteroatoms. The van der Waals surface area contributed by atoms with Crippen LogP contribution in [-0.2, 0) is 27.6 Å². The van der Waals surface area contributed by atoms with Gasteiger partial charge in [-0.05, 0) is 80.1 Å².